The van der Waals surface area contributed by atoms with E-state index in [1.807, 2.05) is 0 Å². The number of nitrogens with zero attached hydrogens (tertiary/aromatic N) is 3. The quantitative estimate of drug-likeness (QED) is 0.873. The van der Waals surface area contributed by atoms with Crippen molar-refractivity contribution in [2.45, 2.75) is 38.9 Å². The number of methoxy groups -OCH3 is 1. The number of nitrogens with two attached hydrogens (primary N) is 1. The van der Waals surface area contributed by atoms with Gasteiger partial charge in [-0.15, -0.1) is 0 Å². The van der Waals surface area contributed by atoms with E-state index in [0.29, 0.717) is 17.4 Å². The van der Waals surface area contributed by atoms with Gasteiger partial charge in [0.2, 0.25) is 5.88 Å². The van der Waals surface area contributed by atoms with E-state index in [1.165, 1.54) is 6.33 Å². The van der Waals surface area contributed by atoms with Crippen LogP contribution in [0.25, 0.3) is 0 Å². The predicted molar refractivity (Wildman–Crippen MR) is 74.5 cm³/mol. The van der Waals surface area contributed by atoms with Crippen LogP contribution < -0.4 is 15.4 Å². The minimum atomic E-state index is -0.258. The summed E-state index contributed by atoms with van der Waals surface area (Å²) >= 11 is 0. The average Bonchev–Trinajstić information content (AvgIpc) is 2.25. The van der Waals surface area contributed by atoms with E-state index in [1.54, 1.807) is 7.11 Å². The highest BCUT2D eigenvalue weighted by Gasteiger charge is 2.39. The number of hydrogen-bond acceptors (Lipinski definition) is 6. The van der Waals surface area contributed by atoms with Crippen molar-refractivity contribution < 1.29 is 9.47 Å². The van der Waals surface area contributed by atoms with E-state index in [0.717, 1.165) is 13.1 Å². The molecule has 1 aliphatic heterocycles. The largest absolute Gasteiger partial charge is 0.479 e. The predicted octanol–water partition coefficient (Wildman–Crippen LogP) is 1.46. The Morgan fingerprint density at radius 1 is 1.21 bits per heavy atom. The van der Waals surface area contributed by atoms with Gasteiger partial charge in [0.15, 0.2) is 5.82 Å². The molecule has 0 amide bonds. The highest BCUT2D eigenvalue weighted by molar-refractivity contribution is 5.68. The second kappa shape index (κ2) is 4.52. The summed E-state index contributed by atoms with van der Waals surface area (Å²) in [6, 6.07) is 0. The maximum absolute atomic E-state index is 6.07. The maximum atomic E-state index is 6.07. The lowest BCUT2D eigenvalue weighted by molar-refractivity contribution is -0.133. The Morgan fingerprint density at radius 2 is 1.79 bits per heavy atom. The Labute approximate surface area is 113 Å². The number of aromatic nitrogens is 2. The van der Waals surface area contributed by atoms with E-state index in [2.05, 4.69) is 42.6 Å². The Hall–Kier alpha value is -1.56. The molecule has 0 aliphatic carbocycles. The molecule has 2 N–H and O–H groups in total. The first kappa shape index (κ1) is 13.9. The van der Waals surface area contributed by atoms with E-state index < -0.39 is 0 Å². The van der Waals surface area contributed by atoms with Crippen molar-refractivity contribution in [3.63, 3.8) is 0 Å². The molecule has 1 aromatic heterocycles. The highest BCUT2D eigenvalue weighted by Crippen LogP contribution is 2.34. The minimum Gasteiger partial charge on any atom is -0.479 e. The molecule has 0 aromatic carbocycles. The molecule has 0 radical (unpaired) electrons. The number of morpholine rings is 1. The fourth-order valence-corrected chi connectivity index (χ4v) is 2.72. The van der Waals surface area contributed by atoms with Crippen molar-refractivity contribution in [3.05, 3.63) is 6.33 Å². The van der Waals surface area contributed by atoms with Gasteiger partial charge in [0.1, 0.15) is 12.0 Å². The fourth-order valence-electron chi connectivity index (χ4n) is 2.72. The zero-order chi connectivity index (χ0) is 14.3. The zero-order valence-electron chi connectivity index (χ0n) is 12.2. The molecule has 6 nitrogen and oxygen atoms in total. The Bertz CT molecular complexity index is 458. The van der Waals surface area contributed by atoms with Crippen molar-refractivity contribution >= 4 is 11.5 Å². The summed E-state index contributed by atoms with van der Waals surface area (Å²) in [7, 11) is 1.55. The summed E-state index contributed by atoms with van der Waals surface area (Å²) in [6.07, 6.45) is 1.47. The van der Waals surface area contributed by atoms with Gasteiger partial charge >= 0.3 is 0 Å². The van der Waals surface area contributed by atoms with Gasteiger partial charge < -0.3 is 20.1 Å². The van der Waals surface area contributed by atoms with Crippen LogP contribution in [0.15, 0.2) is 6.33 Å². The van der Waals surface area contributed by atoms with Gasteiger partial charge in [-0.05, 0) is 27.7 Å². The molecule has 19 heavy (non-hydrogen) atoms. The summed E-state index contributed by atoms with van der Waals surface area (Å²) in [5.74, 6) is 1.11. The number of anilines is 2. The highest BCUT2D eigenvalue weighted by atomic mass is 16.5. The Balaban J connectivity index is 2.36. The normalized spacial score (nSPS) is 21.2. The number of ether oxygens (including phenoxy) is 2. The van der Waals surface area contributed by atoms with Gasteiger partial charge in [-0.3, -0.25) is 0 Å². The average molecular weight is 266 g/mol. The van der Waals surface area contributed by atoms with Gasteiger partial charge in [0.25, 0.3) is 0 Å². The van der Waals surface area contributed by atoms with Crippen LogP contribution in [0.4, 0.5) is 11.5 Å². The summed E-state index contributed by atoms with van der Waals surface area (Å²) in [6.45, 7) is 9.71. The van der Waals surface area contributed by atoms with E-state index in [-0.39, 0.29) is 11.2 Å². The molecular weight excluding hydrogens is 244 g/mol. The zero-order valence-corrected chi connectivity index (χ0v) is 12.2. The molecule has 1 fully saturated rings. The maximum Gasteiger partial charge on any atom is 0.242 e. The third-order valence-corrected chi connectivity index (χ3v) is 3.02. The number of hydrogen-bond donors (Lipinski definition) is 1. The van der Waals surface area contributed by atoms with Crippen LogP contribution in [0.1, 0.15) is 27.7 Å². The van der Waals surface area contributed by atoms with Gasteiger partial charge in [-0.2, -0.15) is 4.98 Å². The molecule has 1 aliphatic rings. The van der Waals surface area contributed by atoms with Crippen LogP contribution in [0.2, 0.25) is 0 Å². The summed E-state index contributed by atoms with van der Waals surface area (Å²) in [5, 5.41) is 0. The molecule has 1 saturated heterocycles. The van der Waals surface area contributed by atoms with Crippen LogP contribution in [-0.4, -0.2) is 41.4 Å². The lowest BCUT2D eigenvalue weighted by Crippen LogP contribution is -2.57. The van der Waals surface area contributed by atoms with Crippen LogP contribution >= 0.6 is 0 Å². The third-order valence-electron chi connectivity index (χ3n) is 3.02. The second-order valence-electron chi connectivity index (χ2n) is 6.10. The fraction of sp³-hybridized carbons (Fsp3) is 0.692. The first-order valence-corrected chi connectivity index (χ1v) is 6.34. The smallest absolute Gasteiger partial charge is 0.242 e. The van der Waals surface area contributed by atoms with Crippen molar-refractivity contribution in [2.75, 3.05) is 30.8 Å². The van der Waals surface area contributed by atoms with Gasteiger partial charge in [0.05, 0.1) is 18.3 Å². The molecule has 0 atom stereocenters. The molecule has 2 heterocycles. The van der Waals surface area contributed by atoms with Gasteiger partial charge in [-0.1, -0.05) is 0 Å². The van der Waals surface area contributed by atoms with E-state index in [4.69, 9.17) is 15.2 Å². The molecule has 0 bridgehead atoms. The molecule has 6 heteroatoms. The van der Waals surface area contributed by atoms with Gasteiger partial charge in [0, 0.05) is 13.1 Å². The minimum absolute atomic E-state index is 0.258. The molecule has 2 rings (SSSR count). The first-order valence-electron chi connectivity index (χ1n) is 6.34. The molecule has 0 spiro atoms. The monoisotopic (exact) mass is 266 g/mol. The van der Waals surface area contributed by atoms with Gasteiger partial charge in [-0.25, -0.2) is 4.98 Å². The van der Waals surface area contributed by atoms with Crippen LogP contribution in [-0.2, 0) is 4.74 Å². The molecule has 0 saturated carbocycles. The molecule has 1 aromatic rings. The van der Waals surface area contributed by atoms with Crippen LogP contribution in [0.5, 0.6) is 5.88 Å². The van der Waals surface area contributed by atoms with Crippen molar-refractivity contribution in [1.82, 2.24) is 9.97 Å². The summed E-state index contributed by atoms with van der Waals surface area (Å²) in [5.41, 5.74) is 6.03. The summed E-state index contributed by atoms with van der Waals surface area (Å²) in [4.78, 5) is 10.4. The standard InChI is InChI=1S/C13H22N4O2/c1-12(2)6-17(7-13(3,4)19-12)10-9(14)11(18-5)16-8-15-10/h8H,6-7,14H2,1-5H3. The SMILES string of the molecule is COc1ncnc(N2CC(C)(C)OC(C)(C)C2)c1N. The lowest BCUT2D eigenvalue weighted by Gasteiger charge is -2.47. The van der Waals surface area contributed by atoms with Crippen molar-refractivity contribution in [2.24, 2.45) is 0 Å². The number of nitrogen functional groups attached to an aromatic ring is 1. The van der Waals surface area contributed by atoms with Crippen molar-refractivity contribution in [1.29, 1.82) is 0 Å². The Morgan fingerprint density at radius 3 is 2.32 bits per heavy atom. The van der Waals surface area contributed by atoms with Crippen LogP contribution in [0, 0.1) is 0 Å². The molecule has 0 unspecified atom stereocenters. The second-order valence-corrected chi connectivity index (χ2v) is 6.10. The lowest BCUT2D eigenvalue weighted by atomic mass is 9.99. The molecule has 106 valence electrons. The third kappa shape index (κ3) is 2.89. The van der Waals surface area contributed by atoms with E-state index >= 15 is 0 Å². The topological polar surface area (TPSA) is 73.5 Å². The molecular formula is C13H22N4O2. The van der Waals surface area contributed by atoms with Crippen molar-refractivity contribution in [3.8, 4) is 5.88 Å². The van der Waals surface area contributed by atoms with Crippen LogP contribution in [0.3, 0.4) is 0 Å². The van der Waals surface area contributed by atoms with E-state index in [9.17, 15) is 0 Å². The summed E-state index contributed by atoms with van der Waals surface area (Å²) < 4.78 is 11.2. The number of rotatable bonds is 2. The first-order chi connectivity index (χ1) is 8.74. The Kier molecular flexibility index (Phi) is 3.30.